The maximum Gasteiger partial charge on any atom is 0.266 e. The maximum absolute atomic E-state index is 13.0. The van der Waals surface area contributed by atoms with Crippen molar-refractivity contribution in [3.63, 3.8) is 0 Å². The predicted octanol–water partition coefficient (Wildman–Crippen LogP) is 2.81. The number of thiazole rings is 1. The summed E-state index contributed by atoms with van der Waals surface area (Å²) in [6, 6.07) is 15.8. The molecule has 28 heavy (non-hydrogen) atoms. The third-order valence-corrected chi connectivity index (χ3v) is 5.59. The number of hydrogen-bond acceptors (Lipinski definition) is 4. The van der Waals surface area contributed by atoms with Gasteiger partial charge >= 0.3 is 0 Å². The summed E-state index contributed by atoms with van der Waals surface area (Å²) < 4.78 is 6.81. The molecule has 3 rings (SSSR count). The van der Waals surface area contributed by atoms with Crippen LogP contribution in [0.3, 0.4) is 0 Å². The second-order valence-corrected chi connectivity index (χ2v) is 8.12. The Kier molecular flexibility index (Phi) is 7.01. The fourth-order valence-electron chi connectivity index (χ4n) is 2.95. The topological polar surface area (TPSA) is 46.9 Å². The number of rotatable bonds is 9. The van der Waals surface area contributed by atoms with Gasteiger partial charge in [-0.25, -0.2) is 4.98 Å². The highest BCUT2D eigenvalue weighted by molar-refractivity contribution is 7.22. The van der Waals surface area contributed by atoms with E-state index in [4.69, 9.17) is 9.72 Å². The minimum absolute atomic E-state index is 0.00890. The number of para-hydroxylation sites is 1. The fourth-order valence-corrected chi connectivity index (χ4v) is 4.02. The van der Waals surface area contributed by atoms with Crippen LogP contribution >= 0.6 is 11.3 Å². The zero-order valence-electron chi connectivity index (χ0n) is 16.8. The van der Waals surface area contributed by atoms with Gasteiger partial charge in [0.25, 0.3) is 5.91 Å². The third kappa shape index (κ3) is 5.30. The summed E-state index contributed by atoms with van der Waals surface area (Å²) in [5.41, 5.74) is 2.22. The Bertz CT molecular complexity index is 909. The second kappa shape index (κ2) is 9.66. The number of aromatic nitrogens is 1. The van der Waals surface area contributed by atoms with Gasteiger partial charge < -0.3 is 9.64 Å². The Morgan fingerprint density at radius 1 is 1.18 bits per heavy atom. The number of carbonyl (C=O) groups excluding carboxylic acids is 1. The molecule has 0 aliphatic carbocycles. The number of hydrogen-bond donors (Lipinski definition) is 1. The minimum Gasteiger partial charge on any atom is -0.484 e. The Labute approximate surface area is 170 Å². The molecule has 2 aromatic carbocycles. The first-order chi connectivity index (χ1) is 13.6. The molecule has 0 spiro atoms. The van der Waals surface area contributed by atoms with Crippen LogP contribution in [0.25, 0.3) is 10.2 Å². The summed E-state index contributed by atoms with van der Waals surface area (Å²) >= 11 is 1.58. The number of quaternary nitrogens is 1. The summed E-state index contributed by atoms with van der Waals surface area (Å²) in [5, 5.41) is 0.749. The van der Waals surface area contributed by atoms with Crippen molar-refractivity contribution < 1.29 is 14.4 Å². The molecule has 0 aliphatic heterocycles. The molecule has 0 radical (unpaired) electrons. The van der Waals surface area contributed by atoms with Crippen molar-refractivity contribution >= 4 is 32.6 Å². The summed E-state index contributed by atoms with van der Waals surface area (Å²) in [6.07, 6.45) is 1.90. The molecular formula is C22H28N3O2S+. The minimum atomic E-state index is -0.0626. The second-order valence-electron chi connectivity index (χ2n) is 7.11. The lowest BCUT2D eigenvalue weighted by molar-refractivity contribution is -0.858. The molecule has 5 nitrogen and oxygen atoms in total. The molecular weight excluding hydrogens is 370 g/mol. The molecule has 0 atom stereocenters. The van der Waals surface area contributed by atoms with Crippen LogP contribution in [0.2, 0.25) is 0 Å². The van der Waals surface area contributed by atoms with Gasteiger partial charge in [-0.05, 0) is 36.2 Å². The summed E-state index contributed by atoms with van der Waals surface area (Å²) in [4.78, 5) is 20.8. The van der Waals surface area contributed by atoms with Crippen molar-refractivity contribution in [2.45, 2.75) is 19.8 Å². The van der Waals surface area contributed by atoms with Gasteiger partial charge in [0.2, 0.25) is 0 Å². The molecule has 3 aromatic rings. The number of nitrogens with zero attached hydrogens (tertiary/aromatic N) is 2. The Morgan fingerprint density at radius 3 is 2.68 bits per heavy atom. The van der Waals surface area contributed by atoms with Gasteiger partial charge in [0.15, 0.2) is 11.7 Å². The van der Waals surface area contributed by atoms with Crippen molar-refractivity contribution in [2.24, 2.45) is 0 Å². The molecule has 6 heteroatoms. The standard InChI is InChI=1S/C22H27N3O2S/c1-4-17-11-12-19-20(15-17)28-22(23-19)25(14-8-13-24(2)3)21(26)16-27-18-9-6-5-7-10-18/h5-7,9-12,15H,4,8,13-14,16H2,1-3H3/p+1. The lowest BCUT2D eigenvalue weighted by Gasteiger charge is -2.20. The van der Waals surface area contributed by atoms with E-state index >= 15 is 0 Å². The number of anilines is 1. The molecule has 0 unspecified atom stereocenters. The average Bonchev–Trinajstić information content (AvgIpc) is 3.12. The number of ether oxygens (including phenoxy) is 1. The Hall–Kier alpha value is -2.44. The van der Waals surface area contributed by atoms with Crippen LogP contribution in [0.4, 0.5) is 5.13 Å². The predicted molar refractivity (Wildman–Crippen MR) is 116 cm³/mol. The van der Waals surface area contributed by atoms with Gasteiger partial charge in [0, 0.05) is 13.0 Å². The molecule has 0 saturated carbocycles. The smallest absolute Gasteiger partial charge is 0.266 e. The molecule has 0 aliphatic rings. The molecule has 0 bridgehead atoms. The number of benzene rings is 2. The molecule has 1 heterocycles. The van der Waals surface area contributed by atoms with Crippen LogP contribution in [0, 0.1) is 0 Å². The quantitative estimate of drug-likeness (QED) is 0.603. The normalized spacial score (nSPS) is 11.1. The van der Waals surface area contributed by atoms with Gasteiger partial charge in [-0.15, -0.1) is 0 Å². The van der Waals surface area contributed by atoms with E-state index in [2.05, 4.69) is 33.2 Å². The van der Waals surface area contributed by atoms with E-state index in [0.29, 0.717) is 12.3 Å². The largest absolute Gasteiger partial charge is 0.484 e. The van der Waals surface area contributed by atoms with Crippen LogP contribution in [0.15, 0.2) is 48.5 Å². The zero-order valence-corrected chi connectivity index (χ0v) is 17.6. The monoisotopic (exact) mass is 398 g/mol. The third-order valence-electron chi connectivity index (χ3n) is 4.55. The first kappa shape index (κ1) is 20.3. The number of aryl methyl sites for hydroxylation is 1. The lowest BCUT2D eigenvalue weighted by atomic mass is 10.2. The van der Waals surface area contributed by atoms with E-state index in [1.165, 1.54) is 10.5 Å². The van der Waals surface area contributed by atoms with Crippen molar-refractivity contribution in [2.75, 3.05) is 38.7 Å². The summed E-state index contributed by atoms with van der Waals surface area (Å²) in [6.45, 7) is 3.79. The summed E-state index contributed by atoms with van der Waals surface area (Å²) in [5.74, 6) is 0.637. The first-order valence-electron chi connectivity index (χ1n) is 9.73. The fraction of sp³-hybridized carbons (Fsp3) is 0.364. The van der Waals surface area contributed by atoms with Crippen LogP contribution in [0.5, 0.6) is 5.75 Å². The SMILES string of the molecule is CCc1ccc2nc(N(CCC[NH+](C)C)C(=O)COc3ccccc3)sc2c1. The van der Waals surface area contributed by atoms with E-state index in [1.54, 1.807) is 16.2 Å². The number of nitrogens with one attached hydrogen (secondary N) is 1. The Balaban J connectivity index is 1.78. The van der Waals surface area contributed by atoms with E-state index < -0.39 is 0 Å². The molecule has 1 amide bonds. The maximum atomic E-state index is 13.0. The van der Waals surface area contributed by atoms with Crippen LogP contribution in [0.1, 0.15) is 18.9 Å². The highest BCUT2D eigenvalue weighted by Crippen LogP contribution is 2.30. The molecule has 0 saturated heterocycles. The van der Waals surface area contributed by atoms with Crippen LogP contribution in [-0.4, -0.2) is 44.7 Å². The van der Waals surface area contributed by atoms with E-state index in [9.17, 15) is 4.79 Å². The zero-order chi connectivity index (χ0) is 19.9. The van der Waals surface area contributed by atoms with Crippen molar-refractivity contribution in [1.82, 2.24) is 4.98 Å². The van der Waals surface area contributed by atoms with Crippen LogP contribution < -0.4 is 14.5 Å². The number of carbonyl (C=O) groups is 1. The van der Waals surface area contributed by atoms with Gasteiger partial charge in [-0.3, -0.25) is 9.69 Å². The van der Waals surface area contributed by atoms with Gasteiger partial charge in [0.1, 0.15) is 5.75 Å². The Morgan fingerprint density at radius 2 is 1.96 bits per heavy atom. The highest BCUT2D eigenvalue weighted by Gasteiger charge is 2.20. The summed E-state index contributed by atoms with van der Waals surface area (Å²) in [7, 11) is 4.24. The van der Waals surface area contributed by atoms with Gasteiger partial charge in [-0.2, -0.15) is 0 Å². The van der Waals surface area contributed by atoms with Gasteiger partial charge in [-0.1, -0.05) is 42.5 Å². The van der Waals surface area contributed by atoms with Gasteiger partial charge in [0.05, 0.1) is 30.9 Å². The van der Waals surface area contributed by atoms with E-state index in [1.807, 2.05) is 36.4 Å². The van der Waals surface area contributed by atoms with Crippen molar-refractivity contribution in [3.05, 3.63) is 54.1 Å². The lowest BCUT2D eigenvalue weighted by Crippen LogP contribution is -3.05. The molecule has 0 fully saturated rings. The van der Waals surface area contributed by atoms with Crippen molar-refractivity contribution in [1.29, 1.82) is 0 Å². The first-order valence-corrected chi connectivity index (χ1v) is 10.5. The molecule has 1 aromatic heterocycles. The van der Waals surface area contributed by atoms with E-state index in [-0.39, 0.29) is 12.5 Å². The number of fused-ring (bicyclic) bond motifs is 1. The number of amides is 1. The highest BCUT2D eigenvalue weighted by atomic mass is 32.1. The average molecular weight is 399 g/mol. The van der Waals surface area contributed by atoms with Crippen molar-refractivity contribution in [3.8, 4) is 5.75 Å². The molecule has 1 N–H and O–H groups in total. The van der Waals surface area contributed by atoms with Crippen LogP contribution in [-0.2, 0) is 11.2 Å². The van der Waals surface area contributed by atoms with E-state index in [0.717, 1.165) is 34.7 Å². The molecule has 148 valence electrons.